The molecule has 1 amide bonds. The lowest BCUT2D eigenvalue weighted by Crippen LogP contribution is -2.34. The number of methoxy groups -OCH3 is 2. The van der Waals surface area contributed by atoms with Crippen LogP contribution >= 0.6 is 11.6 Å². The number of nitrogens with one attached hydrogen (secondary N) is 1. The maximum Gasteiger partial charge on any atom is 0.255 e. The van der Waals surface area contributed by atoms with Crippen molar-refractivity contribution in [3.05, 3.63) is 23.8 Å². The number of carbonyl (C=O) groups is 1. The second-order valence-electron chi connectivity index (χ2n) is 4.12. The van der Waals surface area contributed by atoms with Crippen LogP contribution in [-0.4, -0.2) is 32.0 Å². The van der Waals surface area contributed by atoms with E-state index in [0.29, 0.717) is 22.9 Å². The predicted molar refractivity (Wildman–Crippen MR) is 76.4 cm³/mol. The summed E-state index contributed by atoms with van der Waals surface area (Å²) in [7, 11) is 3.10. The molecular weight excluding hydrogens is 266 g/mol. The molecule has 0 heterocycles. The molecule has 1 N–H and O–H groups in total. The Kier molecular flexibility index (Phi) is 6.50. The molecule has 1 atom stereocenters. The minimum atomic E-state index is -0.173. The highest BCUT2D eigenvalue weighted by Crippen LogP contribution is 2.24. The molecule has 0 radical (unpaired) electrons. The topological polar surface area (TPSA) is 47.6 Å². The predicted octanol–water partition coefficient (Wildman–Crippen LogP) is 2.84. The van der Waals surface area contributed by atoms with Crippen LogP contribution in [0.4, 0.5) is 0 Å². The molecule has 0 spiro atoms. The Morgan fingerprint density at radius 2 is 2.11 bits per heavy atom. The molecule has 1 unspecified atom stereocenters. The van der Waals surface area contributed by atoms with Crippen molar-refractivity contribution in [1.82, 2.24) is 5.32 Å². The van der Waals surface area contributed by atoms with E-state index in [1.54, 1.807) is 25.3 Å². The summed E-state index contributed by atoms with van der Waals surface area (Å²) in [5.41, 5.74) is 0.467. The maximum absolute atomic E-state index is 12.2. The number of benzene rings is 1. The number of hydrogen-bond acceptors (Lipinski definition) is 3. The first-order valence-electron chi connectivity index (χ1n) is 6.25. The van der Waals surface area contributed by atoms with Crippen molar-refractivity contribution >= 4 is 17.5 Å². The summed E-state index contributed by atoms with van der Waals surface area (Å²) in [5, 5.41) is 2.95. The SMILES string of the molecule is CCC(CCCl)NC(=O)c1cc(OC)ccc1OC. The standard InChI is InChI=1S/C14H20ClNO3/c1-4-10(7-8-15)16-14(17)12-9-11(18-2)5-6-13(12)19-3/h5-6,9-10H,4,7-8H2,1-3H3,(H,16,17). The summed E-state index contributed by atoms with van der Waals surface area (Å²) in [6.07, 6.45) is 1.58. The van der Waals surface area contributed by atoms with Gasteiger partial charge in [-0.2, -0.15) is 0 Å². The van der Waals surface area contributed by atoms with Gasteiger partial charge in [0.1, 0.15) is 11.5 Å². The second kappa shape index (κ2) is 7.89. The molecule has 0 aliphatic carbocycles. The fourth-order valence-electron chi connectivity index (χ4n) is 1.76. The van der Waals surface area contributed by atoms with Crippen LogP contribution in [0.2, 0.25) is 0 Å². The molecule has 0 aliphatic rings. The Morgan fingerprint density at radius 1 is 1.37 bits per heavy atom. The zero-order valence-electron chi connectivity index (χ0n) is 11.5. The van der Waals surface area contributed by atoms with E-state index >= 15 is 0 Å². The molecule has 106 valence electrons. The smallest absolute Gasteiger partial charge is 0.255 e. The van der Waals surface area contributed by atoms with Crippen LogP contribution in [0.5, 0.6) is 11.5 Å². The van der Waals surface area contributed by atoms with E-state index in [0.717, 1.165) is 12.8 Å². The highest BCUT2D eigenvalue weighted by molar-refractivity contribution is 6.17. The summed E-state index contributed by atoms with van der Waals surface area (Å²) in [6.45, 7) is 2.01. The van der Waals surface area contributed by atoms with Crippen LogP contribution in [0, 0.1) is 0 Å². The third-order valence-electron chi connectivity index (χ3n) is 2.94. The fourth-order valence-corrected chi connectivity index (χ4v) is 2.03. The van der Waals surface area contributed by atoms with Crippen LogP contribution in [0.3, 0.4) is 0 Å². The summed E-state index contributed by atoms with van der Waals surface area (Å²) < 4.78 is 10.3. The number of carbonyl (C=O) groups excluding carboxylic acids is 1. The molecule has 0 saturated carbocycles. The monoisotopic (exact) mass is 285 g/mol. The quantitative estimate of drug-likeness (QED) is 0.784. The van der Waals surface area contributed by atoms with Gasteiger partial charge in [0.2, 0.25) is 0 Å². The summed E-state index contributed by atoms with van der Waals surface area (Å²) in [5.74, 6) is 1.50. The van der Waals surface area contributed by atoms with Gasteiger partial charge in [-0.25, -0.2) is 0 Å². The van der Waals surface area contributed by atoms with Gasteiger partial charge in [0.25, 0.3) is 5.91 Å². The highest BCUT2D eigenvalue weighted by Gasteiger charge is 2.16. The summed E-state index contributed by atoms with van der Waals surface area (Å²) in [6, 6.07) is 5.21. The Bertz CT molecular complexity index is 423. The van der Waals surface area contributed by atoms with Crippen molar-refractivity contribution in [3.8, 4) is 11.5 Å². The van der Waals surface area contributed by atoms with Gasteiger partial charge < -0.3 is 14.8 Å². The lowest BCUT2D eigenvalue weighted by atomic mass is 10.1. The zero-order valence-corrected chi connectivity index (χ0v) is 12.3. The normalized spacial score (nSPS) is 11.8. The van der Waals surface area contributed by atoms with E-state index in [9.17, 15) is 4.79 Å². The molecule has 0 aliphatic heterocycles. The largest absolute Gasteiger partial charge is 0.497 e. The van der Waals surface area contributed by atoms with Crippen LogP contribution in [0.15, 0.2) is 18.2 Å². The second-order valence-corrected chi connectivity index (χ2v) is 4.50. The first-order chi connectivity index (χ1) is 9.15. The lowest BCUT2D eigenvalue weighted by Gasteiger charge is -2.17. The average molecular weight is 286 g/mol. The summed E-state index contributed by atoms with van der Waals surface area (Å²) >= 11 is 5.71. The van der Waals surface area contributed by atoms with E-state index in [2.05, 4.69) is 5.32 Å². The fraction of sp³-hybridized carbons (Fsp3) is 0.500. The molecule has 5 heteroatoms. The Morgan fingerprint density at radius 3 is 2.63 bits per heavy atom. The molecule has 1 rings (SSSR count). The molecule has 1 aromatic rings. The minimum absolute atomic E-state index is 0.0703. The molecule has 0 bridgehead atoms. The van der Waals surface area contributed by atoms with Crippen LogP contribution in [0.1, 0.15) is 30.1 Å². The Balaban J connectivity index is 2.90. The van der Waals surface area contributed by atoms with Crippen molar-refractivity contribution in [1.29, 1.82) is 0 Å². The maximum atomic E-state index is 12.2. The third-order valence-corrected chi connectivity index (χ3v) is 3.16. The number of rotatable bonds is 7. The van der Waals surface area contributed by atoms with Crippen molar-refractivity contribution in [2.75, 3.05) is 20.1 Å². The highest BCUT2D eigenvalue weighted by atomic mass is 35.5. The molecule has 0 saturated heterocycles. The van der Waals surface area contributed by atoms with E-state index in [-0.39, 0.29) is 11.9 Å². The van der Waals surface area contributed by atoms with E-state index < -0.39 is 0 Å². The number of alkyl halides is 1. The summed E-state index contributed by atoms with van der Waals surface area (Å²) in [4.78, 5) is 12.2. The van der Waals surface area contributed by atoms with Crippen LogP contribution < -0.4 is 14.8 Å². The first-order valence-corrected chi connectivity index (χ1v) is 6.78. The van der Waals surface area contributed by atoms with Gasteiger partial charge in [-0.3, -0.25) is 4.79 Å². The molecule has 4 nitrogen and oxygen atoms in total. The number of halogens is 1. The average Bonchev–Trinajstić information content (AvgIpc) is 2.45. The third kappa shape index (κ3) is 4.31. The van der Waals surface area contributed by atoms with E-state index in [1.807, 2.05) is 6.92 Å². The molecule has 0 fully saturated rings. The molecule has 19 heavy (non-hydrogen) atoms. The Hall–Kier alpha value is -1.42. The van der Waals surface area contributed by atoms with E-state index in [1.165, 1.54) is 7.11 Å². The van der Waals surface area contributed by atoms with Crippen molar-refractivity contribution in [2.24, 2.45) is 0 Å². The van der Waals surface area contributed by atoms with Gasteiger partial charge in [-0.15, -0.1) is 11.6 Å². The Labute approximate surface area is 119 Å². The molecular formula is C14H20ClNO3. The number of hydrogen-bond donors (Lipinski definition) is 1. The van der Waals surface area contributed by atoms with Crippen molar-refractivity contribution < 1.29 is 14.3 Å². The van der Waals surface area contributed by atoms with Gasteiger partial charge in [0.15, 0.2) is 0 Å². The zero-order chi connectivity index (χ0) is 14.3. The molecule has 1 aromatic carbocycles. The van der Waals surface area contributed by atoms with Crippen molar-refractivity contribution in [3.63, 3.8) is 0 Å². The van der Waals surface area contributed by atoms with Gasteiger partial charge in [-0.05, 0) is 31.0 Å². The van der Waals surface area contributed by atoms with E-state index in [4.69, 9.17) is 21.1 Å². The number of ether oxygens (including phenoxy) is 2. The van der Waals surface area contributed by atoms with Gasteiger partial charge >= 0.3 is 0 Å². The first kappa shape index (κ1) is 15.6. The lowest BCUT2D eigenvalue weighted by molar-refractivity contribution is 0.0931. The van der Waals surface area contributed by atoms with Crippen LogP contribution in [0.25, 0.3) is 0 Å². The molecule has 0 aromatic heterocycles. The van der Waals surface area contributed by atoms with Crippen LogP contribution in [-0.2, 0) is 0 Å². The number of amides is 1. The van der Waals surface area contributed by atoms with Gasteiger partial charge in [0.05, 0.1) is 19.8 Å². The van der Waals surface area contributed by atoms with Gasteiger partial charge in [0, 0.05) is 11.9 Å². The van der Waals surface area contributed by atoms with Gasteiger partial charge in [-0.1, -0.05) is 6.92 Å². The van der Waals surface area contributed by atoms with Crippen molar-refractivity contribution in [2.45, 2.75) is 25.8 Å². The minimum Gasteiger partial charge on any atom is -0.497 e.